The fourth-order valence-electron chi connectivity index (χ4n) is 2.41. The first-order valence-corrected chi connectivity index (χ1v) is 8.39. The second-order valence-electron chi connectivity index (χ2n) is 6.01. The van der Waals surface area contributed by atoms with E-state index < -0.39 is 11.6 Å². The third kappa shape index (κ3) is 4.92. The summed E-state index contributed by atoms with van der Waals surface area (Å²) in [6.07, 6.45) is 1.74. The van der Waals surface area contributed by atoms with Crippen molar-refractivity contribution < 1.29 is 8.78 Å². The minimum Gasteiger partial charge on any atom is -0.370 e. The lowest BCUT2D eigenvalue weighted by Crippen LogP contribution is -2.17. The molecule has 0 aliphatic carbocycles. The largest absolute Gasteiger partial charge is 0.370 e. The van der Waals surface area contributed by atoms with Crippen LogP contribution in [0.3, 0.4) is 0 Å². The second kappa shape index (κ2) is 8.30. The van der Waals surface area contributed by atoms with Crippen LogP contribution in [0, 0.1) is 18.6 Å². The summed E-state index contributed by atoms with van der Waals surface area (Å²) in [5.41, 5.74) is 3.30. The van der Waals surface area contributed by atoms with E-state index in [1.54, 1.807) is 12.4 Å². The first kappa shape index (κ1) is 19.2. The fourth-order valence-corrected chi connectivity index (χ4v) is 2.61. The molecule has 0 aromatic heterocycles. The monoisotopic (exact) mass is 365 g/mol. The summed E-state index contributed by atoms with van der Waals surface area (Å²) in [5.74, 6) is -1.68. The topological polar surface area (TPSA) is 18.8 Å². The van der Waals surface area contributed by atoms with Gasteiger partial charge in [0.2, 0.25) is 0 Å². The summed E-state index contributed by atoms with van der Waals surface area (Å²) in [7, 11) is 3.82. The van der Waals surface area contributed by atoms with Crippen LogP contribution < -0.4 is 4.90 Å². The van der Waals surface area contributed by atoms with Gasteiger partial charge in [0.25, 0.3) is 0 Å². The highest BCUT2D eigenvalue weighted by molar-refractivity contribution is 6.33. The molecule has 3 nitrogen and oxygen atoms in total. The summed E-state index contributed by atoms with van der Waals surface area (Å²) in [6.45, 7) is 5.30. The Balaban J connectivity index is 2.22. The number of halogens is 3. The quantitative estimate of drug-likeness (QED) is 0.519. The molecular formula is C19H22ClF2N3. The third-order valence-corrected chi connectivity index (χ3v) is 4.28. The van der Waals surface area contributed by atoms with Gasteiger partial charge in [-0.05, 0) is 49.2 Å². The Morgan fingerprint density at radius 2 is 1.84 bits per heavy atom. The van der Waals surface area contributed by atoms with Gasteiger partial charge in [-0.2, -0.15) is 0 Å². The molecule has 2 aromatic carbocycles. The van der Waals surface area contributed by atoms with Gasteiger partial charge in [-0.3, -0.25) is 0 Å². The molecule has 0 saturated heterocycles. The van der Waals surface area contributed by atoms with Crippen molar-refractivity contribution in [2.24, 2.45) is 4.99 Å². The van der Waals surface area contributed by atoms with E-state index >= 15 is 0 Å². The SMILES string of the molecule is CCN(C)C=Nc1cc(C)c(N(C)Cc2ccc(F)c(F)c2)cc1Cl. The zero-order valence-electron chi connectivity index (χ0n) is 14.9. The summed E-state index contributed by atoms with van der Waals surface area (Å²) >= 11 is 6.35. The number of rotatable bonds is 6. The smallest absolute Gasteiger partial charge is 0.159 e. The van der Waals surface area contributed by atoms with Gasteiger partial charge in [0, 0.05) is 32.9 Å². The minimum atomic E-state index is -0.843. The maximum absolute atomic E-state index is 13.4. The highest BCUT2D eigenvalue weighted by Crippen LogP contribution is 2.33. The van der Waals surface area contributed by atoms with Gasteiger partial charge < -0.3 is 9.80 Å². The van der Waals surface area contributed by atoms with Gasteiger partial charge in [0.1, 0.15) is 0 Å². The minimum absolute atomic E-state index is 0.440. The fraction of sp³-hybridized carbons (Fsp3) is 0.316. The molecule has 134 valence electrons. The summed E-state index contributed by atoms with van der Waals surface area (Å²) < 4.78 is 26.4. The first-order chi connectivity index (χ1) is 11.8. The van der Waals surface area contributed by atoms with Crippen LogP contribution in [-0.4, -0.2) is 31.9 Å². The van der Waals surface area contributed by atoms with Crippen LogP contribution in [0.4, 0.5) is 20.2 Å². The van der Waals surface area contributed by atoms with Crippen molar-refractivity contribution in [3.63, 3.8) is 0 Å². The molecule has 0 spiro atoms. The van der Waals surface area contributed by atoms with E-state index in [9.17, 15) is 8.78 Å². The number of hydrogen-bond acceptors (Lipinski definition) is 2. The van der Waals surface area contributed by atoms with Crippen molar-refractivity contribution in [1.82, 2.24) is 4.90 Å². The van der Waals surface area contributed by atoms with E-state index in [1.807, 2.05) is 49.9 Å². The molecule has 0 fully saturated rings. The molecule has 25 heavy (non-hydrogen) atoms. The van der Waals surface area contributed by atoms with Gasteiger partial charge >= 0.3 is 0 Å². The molecule has 0 heterocycles. The first-order valence-electron chi connectivity index (χ1n) is 8.01. The lowest BCUT2D eigenvalue weighted by Gasteiger charge is -2.22. The summed E-state index contributed by atoms with van der Waals surface area (Å²) in [5, 5.41) is 0.540. The highest BCUT2D eigenvalue weighted by Gasteiger charge is 2.11. The lowest BCUT2D eigenvalue weighted by molar-refractivity contribution is 0.507. The van der Waals surface area contributed by atoms with E-state index in [-0.39, 0.29) is 0 Å². The molecule has 2 rings (SSSR count). The van der Waals surface area contributed by atoms with Crippen LogP contribution in [0.25, 0.3) is 0 Å². The highest BCUT2D eigenvalue weighted by atomic mass is 35.5. The number of aliphatic imine (C=N–C) groups is 1. The lowest BCUT2D eigenvalue weighted by atomic mass is 10.1. The van der Waals surface area contributed by atoms with Crippen molar-refractivity contribution in [2.45, 2.75) is 20.4 Å². The molecule has 2 aromatic rings. The zero-order chi connectivity index (χ0) is 18.6. The standard InChI is InChI=1S/C19H22ClF2N3/c1-5-24(3)12-23-18-8-13(2)19(10-15(18)20)25(4)11-14-6-7-16(21)17(22)9-14/h6-10,12H,5,11H2,1-4H3. The Bertz CT molecular complexity index is 778. The van der Waals surface area contributed by atoms with Crippen LogP contribution >= 0.6 is 11.6 Å². The normalized spacial score (nSPS) is 11.2. The van der Waals surface area contributed by atoms with Crippen molar-refractivity contribution >= 4 is 29.3 Å². The molecule has 0 aliphatic heterocycles. The Hall–Kier alpha value is -2.14. The predicted molar refractivity (Wildman–Crippen MR) is 101 cm³/mol. The molecule has 0 amide bonds. The predicted octanol–water partition coefficient (Wildman–Crippen LogP) is 5.17. The molecule has 0 radical (unpaired) electrons. The van der Waals surface area contributed by atoms with Crippen molar-refractivity contribution in [2.75, 3.05) is 25.5 Å². The molecule has 0 bridgehead atoms. The van der Waals surface area contributed by atoms with Gasteiger partial charge in [-0.15, -0.1) is 0 Å². The van der Waals surface area contributed by atoms with Crippen molar-refractivity contribution in [3.8, 4) is 0 Å². The average molecular weight is 366 g/mol. The van der Waals surface area contributed by atoms with Crippen LogP contribution in [0.5, 0.6) is 0 Å². The molecule has 0 N–H and O–H groups in total. The van der Waals surface area contributed by atoms with Crippen LogP contribution in [0.2, 0.25) is 5.02 Å². The summed E-state index contributed by atoms with van der Waals surface area (Å²) in [4.78, 5) is 8.30. The maximum atomic E-state index is 13.4. The molecule has 0 unspecified atom stereocenters. The molecule has 0 saturated carbocycles. The maximum Gasteiger partial charge on any atom is 0.159 e. The zero-order valence-corrected chi connectivity index (χ0v) is 15.6. The number of benzene rings is 2. The number of nitrogens with zero attached hydrogens (tertiary/aromatic N) is 3. The molecule has 6 heteroatoms. The van der Waals surface area contributed by atoms with Gasteiger partial charge in [-0.25, -0.2) is 13.8 Å². The second-order valence-corrected chi connectivity index (χ2v) is 6.42. The van der Waals surface area contributed by atoms with E-state index in [2.05, 4.69) is 4.99 Å². The van der Waals surface area contributed by atoms with E-state index in [1.165, 1.54) is 6.07 Å². The Morgan fingerprint density at radius 1 is 1.12 bits per heavy atom. The van der Waals surface area contributed by atoms with Gasteiger partial charge in [-0.1, -0.05) is 17.7 Å². The van der Waals surface area contributed by atoms with Crippen molar-refractivity contribution in [3.05, 3.63) is 58.1 Å². The molecule has 0 atom stereocenters. The Morgan fingerprint density at radius 3 is 2.48 bits per heavy atom. The average Bonchev–Trinajstić information content (AvgIpc) is 2.58. The van der Waals surface area contributed by atoms with Crippen LogP contribution in [-0.2, 0) is 6.54 Å². The number of anilines is 1. The number of aryl methyl sites for hydroxylation is 1. The van der Waals surface area contributed by atoms with Crippen LogP contribution in [0.1, 0.15) is 18.1 Å². The molecular weight excluding hydrogens is 344 g/mol. The van der Waals surface area contributed by atoms with Crippen LogP contribution in [0.15, 0.2) is 35.3 Å². The van der Waals surface area contributed by atoms with E-state index in [4.69, 9.17) is 11.6 Å². The van der Waals surface area contributed by atoms with Crippen molar-refractivity contribution in [1.29, 1.82) is 0 Å². The van der Waals surface area contributed by atoms with Gasteiger partial charge in [0.15, 0.2) is 11.6 Å². The number of hydrogen-bond donors (Lipinski definition) is 0. The third-order valence-electron chi connectivity index (χ3n) is 3.97. The van der Waals surface area contributed by atoms with E-state index in [0.717, 1.165) is 23.9 Å². The Labute approximate surface area is 152 Å². The Kier molecular flexibility index (Phi) is 6.37. The van der Waals surface area contributed by atoms with E-state index in [0.29, 0.717) is 22.8 Å². The van der Waals surface area contributed by atoms with Gasteiger partial charge in [0.05, 0.1) is 17.0 Å². The molecule has 0 aliphatic rings. The summed E-state index contributed by atoms with van der Waals surface area (Å²) in [6, 6.07) is 7.68.